The Morgan fingerprint density at radius 1 is 1.38 bits per heavy atom. The first-order valence-corrected chi connectivity index (χ1v) is 7.88. The summed E-state index contributed by atoms with van der Waals surface area (Å²) in [5.41, 5.74) is 3.28. The van der Waals surface area contributed by atoms with Crippen LogP contribution in [0, 0.1) is 6.92 Å². The van der Waals surface area contributed by atoms with E-state index in [2.05, 4.69) is 15.4 Å². The van der Waals surface area contributed by atoms with Gasteiger partial charge in [-0.1, -0.05) is 23.7 Å². The number of anilines is 1. The number of carbonyl (C=O) groups is 1. The van der Waals surface area contributed by atoms with Crippen LogP contribution in [0.4, 0.5) is 10.5 Å². The van der Waals surface area contributed by atoms with Gasteiger partial charge in [0.1, 0.15) is 0 Å². The maximum Gasteiger partial charge on any atom is 0.321 e. The topological polar surface area (TPSA) is 63.1 Å². The van der Waals surface area contributed by atoms with Crippen molar-refractivity contribution in [2.75, 3.05) is 12.4 Å². The van der Waals surface area contributed by atoms with Crippen molar-refractivity contribution in [3.63, 3.8) is 0 Å². The Kier molecular flexibility index (Phi) is 4.40. The fourth-order valence-electron chi connectivity index (χ4n) is 2.58. The van der Waals surface area contributed by atoms with Gasteiger partial charge in [-0.3, -0.25) is 4.68 Å². The summed E-state index contributed by atoms with van der Waals surface area (Å²) in [5.74, 6) is 0. The van der Waals surface area contributed by atoms with Gasteiger partial charge in [-0.15, -0.1) is 0 Å². The molecule has 0 radical (unpaired) electrons. The van der Waals surface area contributed by atoms with Crippen LogP contribution in [0.2, 0.25) is 5.02 Å². The summed E-state index contributed by atoms with van der Waals surface area (Å²) in [6, 6.07) is 9.13. The lowest BCUT2D eigenvalue weighted by molar-refractivity contribution is 0.220. The van der Waals surface area contributed by atoms with E-state index in [1.807, 2.05) is 44.3 Å². The molecule has 2 heterocycles. The Bertz CT molecular complexity index is 905. The fraction of sp³-hybridized carbons (Fsp3) is 0.235. The number of amides is 2. The molecule has 0 spiro atoms. The lowest BCUT2D eigenvalue weighted by Gasteiger charge is -2.18. The predicted molar refractivity (Wildman–Crippen MR) is 95.2 cm³/mol. The molecule has 3 aromatic rings. The first-order chi connectivity index (χ1) is 11.4. The largest absolute Gasteiger partial charge is 0.323 e. The maximum absolute atomic E-state index is 12.4. The van der Waals surface area contributed by atoms with E-state index in [0.717, 1.165) is 22.3 Å². The quantitative estimate of drug-likeness (QED) is 0.790. The molecule has 1 N–H and O–H groups in total. The van der Waals surface area contributed by atoms with Crippen LogP contribution >= 0.6 is 11.6 Å². The third kappa shape index (κ3) is 3.33. The summed E-state index contributed by atoms with van der Waals surface area (Å²) in [6.07, 6.45) is 1.63. The van der Waals surface area contributed by atoms with Crippen molar-refractivity contribution in [1.82, 2.24) is 19.7 Å². The van der Waals surface area contributed by atoms with E-state index in [1.54, 1.807) is 22.8 Å². The second kappa shape index (κ2) is 6.49. The van der Waals surface area contributed by atoms with Crippen molar-refractivity contribution in [2.24, 2.45) is 7.05 Å². The van der Waals surface area contributed by atoms with Crippen LogP contribution in [0.25, 0.3) is 11.0 Å². The summed E-state index contributed by atoms with van der Waals surface area (Å²) in [7, 11) is 3.58. The van der Waals surface area contributed by atoms with Crippen molar-refractivity contribution in [1.29, 1.82) is 0 Å². The first-order valence-electron chi connectivity index (χ1n) is 7.50. The van der Waals surface area contributed by atoms with Crippen LogP contribution in [-0.4, -0.2) is 32.7 Å². The molecular weight excluding hydrogens is 326 g/mol. The van der Waals surface area contributed by atoms with E-state index < -0.39 is 0 Å². The number of nitrogens with one attached hydrogen (secondary N) is 1. The zero-order valence-corrected chi connectivity index (χ0v) is 14.5. The minimum absolute atomic E-state index is 0.210. The van der Waals surface area contributed by atoms with Crippen molar-refractivity contribution in [3.05, 3.63) is 52.8 Å². The van der Waals surface area contributed by atoms with Crippen LogP contribution in [-0.2, 0) is 13.6 Å². The fourth-order valence-corrected chi connectivity index (χ4v) is 2.79. The smallest absolute Gasteiger partial charge is 0.321 e. The Morgan fingerprint density at radius 2 is 2.17 bits per heavy atom. The molecule has 2 aromatic heterocycles. The zero-order chi connectivity index (χ0) is 17.3. The standard InChI is InChI=1S/C17H18ClN5O/c1-11-15-8-14(9-19-16(15)23(3)21-11)20-17(24)22(2)10-12-5-4-6-13(18)7-12/h4-9H,10H2,1-3H3,(H,20,24). The van der Waals surface area contributed by atoms with Gasteiger partial charge in [0.25, 0.3) is 0 Å². The monoisotopic (exact) mass is 343 g/mol. The minimum atomic E-state index is -0.210. The van der Waals surface area contributed by atoms with E-state index in [4.69, 9.17) is 11.6 Å². The minimum Gasteiger partial charge on any atom is -0.323 e. The molecule has 0 fully saturated rings. The number of fused-ring (bicyclic) bond motifs is 1. The predicted octanol–water partition coefficient (Wildman–Crippen LogP) is 3.59. The third-order valence-electron chi connectivity index (χ3n) is 3.77. The van der Waals surface area contributed by atoms with Crippen LogP contribution in [0.15, 0.2) is 36.5 Å². The van der Waals surface area contributed by atoms with Crippen LogP contribution in [0.1, 0.15) is 11.3 Å². The van der Waals surface area contributed by atoms with Gasteiger partial charge in [-0.25, -0.2) is 9.78 Å². The highest BCUT2D eigenvalue weighted by Gasteiger charge is 2.12. The average molecular weight is 344 g/mol. The molecule has 1 aromatic carbocycles. The Hall–Kier alpha value is -2.60. The van der Waals surface area contributed by atoms with Gasteiger partial charge in [-0.2, -0.15) is 5.10 Å². The van der Waals surface area contributed by atoms with Gasteiger partial charge in [0, 0.05) is 31.0 Å². The van der Waals surface area contributed by atoms with Gasteiger partial charge >= 0.3 is 6.03 Å². The van der Waals surface area contributed by atoms with Gasteiger partial charge in [0.15, 0.2) is 5.65 Å². The highest BCUT2D eigenvalue weighted by Crippen LogP contribution is 2.19. The number of halogens is 1. The average Bonchev–Trinajstić information content (AvgIpc) is 2.81. The number of urea groups is 1. The summed E-state index contributed by atoms with van der Waals surface area (Å²) in [6.45, 7) is 2.38. The summed E-state index contributed by atoms with van der Waals surface area (Å²) in [5, 5.41) is 8.77. The molecule has 0 aliphatic carbocycles. The Labute approximate surface area is 145 Å². The number of aryl methyl sites for hydroxylation is 2. The summed E-state index contributed by atoms with van der Waals surface area (Å²) in [4.78, 5) is 18.3. The molecule has 0 aliphatic heterocycles. The molecule has 24 heavy (non-hydrogen) atoms. The van der Waals surface area contributed by atoms with Gasteiger partial charge in [0.05, 0.1) is 17.6 Å². The lowest BCUT2D eigenvalue weighted by Crippen LogP contribution is -2.30. The van der Waals surface area contributed by atoms with Crippen molar-refractivity contribution in [3.8, 4) is 0 Å². The number of nitrogens with zero attached hydrogens (tertiary/aromatic N) is 4. The van der Waals surface area contributed by atoms with Gasteiger partial charge in [0.2, 0.25) is 0 Å². The molecule has 124 valence electrons. The highest BCUT2D eigenvalue weighted by molar-refractivity contribution is 6.30. The summed E-state index contributed by atoms with van der Waals surface area (Å²) < 4.78 is 1.72. The molecule has 0 saturated heterocycles. The molecule has 0 atom stereocenters. The molecule has 7 heteroatoms. The van der Waals surface area contributed by atoms with Gasteiger partial charge < -0.3 is 10.2 Å². The van der Waals surface area contributed by atoms with Gasteiger partial charge in [-0.05, 0) is 30.7 Å². The van der Waals surface area contributed by atoms with Crippen molar-refractivity contribution in [2.45, 2.75) is 13.5 Å². The molecular formula is C17H18ClN5O. The Balaban J connectivity index is 1.73. The molecule has 6 nitrogen and oxygen atoms in total. The third-order valence-corrected chi connectivity index (χ3v) is 4.00. The number of rotatable bonds is 3. The lowest BCUT2D eigenvalue weighted by atomic mass is 10.2. The molecule has 0 unspecified atom stereocenters. The number of hydrogen-bond donors (Lipinski definition) is 1. The first kappa shape index (κ1) is 16.3. The van der Waals surface area contributed by atoms with Crippen LogP contribution < -0.4 is 5.32 Å². The zero-order valence-electron chi connectivity index (χ0n) is 13.7. The molecule has 0 aliphatic rings. The normalized spacial score (nSPS) is 10.8. The second-order valence-electron chi connectivity index (χ2n) is 5.72. The number of hydrogen-bond acceptors (Lipinski definition) is 3. The van der Waals surface area contributed by atoms with Crippen LogP contribution in [0.3, 0.4) is 0 Å². The number of carbonyl (C=O) groups excluding carboxylic acids is 1. The van der Waals surface area contributed by atoms with E-state index in [9.17, 15) is 4.79 Å². The van der Waals surface area contributed by atoms with Crippen molar-refractivity contribution >= 4 is 34.4 Å². The van der Waals surface area contributed by atoms with E-state index in [-0.39, 0.29) is 6.03 Å². The van der Waals surface area contributed by atoms with E-state index in [0.29, 0.717) is 17.3 Å². The number of benzene rings is 1. The summed E-state index contributed by atoms with van der Waals surface area (Å²) >= 11 is 5.97. The van der Waals surface area contributed by atoms with Crippen LogP contribution in [0.5, 0.6) is 0 Å². The number of pyridine rings is 1. The maximum atomic E-state index is 12.4. The Morgan fingerprint density at radius 3 is 2.92 bits per heavy atom. The molecule has 0 saturated carbocycles. The van der Waals surface area contributed by atoms with E-state index >= 15 is 0 Å². The molecule has 0 bridgehead atoms. The SMILES string of the molecule is Cc1nn(C)c2ncc(NC(=O)N(C)Cc3cccc(Cl)c3)cc12. The second-order valence-corrected chi connectivity index (χ2v) is 6.16. The van der Waals surface area contributed by atoms with Crippen molar-refractivity contribution < 1.29 is 4.79 Å². The molecule has 2 amide bonds. The number of aromatic nitrogens is 3. The van der Waals surface area contributed by atoms with E-state index in [1.165, 1.54) is 0 Å². The molecule has 3 rings (SSSR count). The highest BCUT2D eigenvalue weighted by atomic mass is 35.5.